The minimum atomic E-state index is -0.252. The molecule has 0 aliphatic rings. The summed E-state index contributed by atoms with van der Waals surface area (Å²) in [6.45, 7) is 0.382. The van der Waals surface area contributed by atoms with E-state index in [9.17, 15) is 9.59 Å². The van der Waals surface area contributed by atoms with Gasteiger partial charge >= 0.3 is 0 Å². The van der Waals surface area contributed by atoms with Gasteiger partial charge in [-0.05, 0) is 42.0 Å². The van der Waals surface area contributed by atoms with Crippen molar-refractivity contribution < 1.29 is 18.7 Å². The average molecular weight is 447 g/mol. The Bertz CT molecular complexity index is 1000. The Hall–Kier alpha value is -2.96. The molecule has 2 aromatic carbocycles. The van der Waals surface area contributed by atoms with Crippen LogP contribution in [0.3, 0.4) is 0 Å². The number of furan rings is 1. The number of amides is 2. The van der Waals surface area contributed by atoms with Crippen molar-refractivity contribution in [1.29, 1.82) is 0 Å². The predicted octanol–water partition coefficient (Wildman–Crippen LogP) is 4.55. The van der Waals surface area contributed by atoms with Gasteiger partial charge in [-0.25, -0.2) is 0 Å². The van der Waals surface area contributed by atoms with Crippen molar-refractivity contribution in [3.63, 3.8) is 0 Å². The van der Waals surface area contributed by atoms with Crippen LogP contribution < -0.4 is 10.1 Å². The van der Waals surface area contributed by atoms with Gasteiger partial charge in [-0.3, -0.25) is 9.59 Å². The topological polar surface area (TPSA) is 71.8 Å². The molecule has 0 aliphatic carbocycles. The Balaban J connectivity index is 1.72. The van der Waals surface area contributed by atoms with Crippen LogP contribution in [-0.2, 0) is 17.9 Å². The number of hydrogen-bond acceptors (Lipinski definition) is 4. The number of carbonyl (C=O) groups is 2. The Labute approximate surface area is 184 Å². The van der Waals surface area contributed by atoms with Gasteiger partial charge in [0.25, 0.3) is 11.8 Å². The first-order valence-corrected chi connectivity index (χ1v) is 9.91. The zero-order valence-corrected chi connectivity index (χ0v) is 17.7. The van der Waals surface area contributed by atoms with E-state index in [1.54, 1.807) is 60.7 Å². The molecular formula is C22H20Cl2N2O4. The number of nitrogens with zero attached hydrogens (tertiary/aromatic N) is 1. The van der Waals surface area contributed by atoms with E-state index in [0.29, 0.717) is 33.7 Å². The number of carbonyl (C=O) groups excluding carboxylic acids is 2. The SMILES string of the molecule is CNC(=O)c1ccc(CN(Cc2ccco2)C(=O)COc2cc(Cl)ccc2Cl)cc1. The molecule has 2 amide bonds. The highest BCUT2D eigenvalue weighted by Gasteiger charge is 2.18. The van der Waals surface area contributed by atoms with E-state index in [4.69, 9.17) is 32.4 Å². The molecule has 0 bridgehead atoms. The molecule has 6 nitrogen and oxygen atoms in total. The minimum absolute atomic E-state index is 0.170. The zero-order chi connectivity index (χ0) is 21.5. The van der Waals surface area contributed by atoms with Crippen molar-refractivity contribution in [3.05, 3.63) is 87.8 Å². The lowest BCUT2D eigenvalue weighted by molar-refractivity contribution is -0.134. The third-order valence-corrected chi connectivity index (χ3v) is 4.89. The normalized spacial score (nSPS) is 10.5. The Kier molecular flexibility index (Phi) is 7.38. The second-order valence-corrected chi connectivity index (χ2v) is 7.31. The van der Waals surface area contributed by atoms with Crippen LogP contribution in [0.2, 0.25) is 10.0 Å². The quantitative estimate of drug-likeness (QED) is 0.550. The summed E-state index contributed by atoms with van der Waals surface area (Å²) in [5, 5.41) is 3.41. The van der Waals surface area contributed by atoms with Gasteiger partial charge in [0.05, 0.1) is 17.8 Å². The first-order chi connectivity index (χ1) is 14.5. The molecule has 3 rings (SSSR count). The maximum absolute atomic E-state index is 12.9. The molecule has 156 valence electrons. The summed E-state index contributed by atoms with van der Waals surface area (Å²) in [5.74, 6) is 0.561. The molecule has 1 N–H and O–H groups in total. The molecule has 1 aromatic heterocycles. The summed E-state index contributed by atoms with van der Waals surface area (Å²) in [6.07, 6.45) is 1.55. The fraction of sp³-hybridized carbons (Fsp3) is 0.182. The van der Waals surface area contributed by atoms with Crippen molar-refractivity contribution in [2.75, 3.05) is 13.7 Å². The van der Waals surface area contributed by atoms with Crippen LogP contribution >= 0.6 is 23.2 Å². The fourth-order valence-electron chi connectivity index (χ4n) is 2.77. The highest BCUT2D eigenvalue weighted by atomic mass is 35.5. The number of hydrogen-bond donors (Lipinski definition) is 1. The third-order valence-electron chi connectivity index (χ3n) is 4.34. The smallest absolute Gasteiger partial charge is 0.261 e. The number of rotatable bonds is 8. The van der Waals surface area contributed by atoms with Crippen molar-refractivity contribution in [2.24, 2.45) is 0 Å². The molecule has 3 aromatic rings. The van der Waals surface area contributed by atoms with E-state index >= 15 is 0 Å². The molecule has 0 aliphatic heterocycles. The molecule has 8 heteroatoms. The summed E-state index contributed by atoms with van der Waals surface area (Å²) in [5.41, 5.74) is 1.41. The highest BCUT2D eigenvalue weighted by molar-refractivity contribution is 6.34. The molecular weight excluding hydrogens is 427 g/mol. The molecule has 30 heavy (non-hydrogen) atoms. The van der Waals surface area contributed by atoms with Gasteiger partial charge in [-0.15, -0.1) is 0 Å². The fourth-order valence-corrected chi connectivity index (χ4v) is 3.10. The third kappa shape index (κ3) is 5.78. The van der Waals surface area contributed by atoms with Crippen molar-refractivity contribution >= 4 is 35.0 Å². The van der Waals surface area contributed by atoms with E-state index in [-0.39, 0.29) is 25.0 Å². The Morgan fingerprint density at radius 3 is 2.50 bits per heavy atom. The summed E-state index contributed by atoms with van der Waals surface area (Å²) >= 11 is 12.1. The lowest BCUT2D eigenvalue weighted by Crippen LogP contribution is -2.34. The number of benzene rings is 2. The van der Waals surface area contributed by atoms with E-state index in [1.165, 1.54) is 0 Å². The molecule has 1 heterocycles. The lowest BCUT2D eigenvalue weighted by Gasteiger charge is -2.22. The molecule has 0 radical (unpaired) electrons. The average Bonchev–Trinajstić information content (AvgIpc) is 3.27. The Morgan fingerprint density at radius 1 is 1.07 bits per heavy atom. The van der Waals surface area contributed by atoms with Gasteiger partial charge in [-0.1, -0.05) is 35.3 Å². The standard InChI is InChI=1S/C22H20Cl2N2O4/c1-25-22(28)16-6-4-15(5-7-16)12-26(13-18-3-2-10-29-18)21(27)14-30-20-11-17(23)8-9-19(20)24/h2-11H,12-14H2,1H3,(H,25,28). The molecule has 0 saturated carbocycles. The van der Waals surface area contributed by atoms with Crippen LogP contribution in [-0.4, -0.2) is 30.4 Å². The molecule has 0 atom stereocenters. The van der Waals surface area contributed by atoms with E-state index < -0.39 is 0 Å². The zero-order valence-electron chi connectivity index (χ0n) is 16.2. The first-order valence-electron chi connectivity index (χ1n) is 9.15. The summed E-state index contributed by atoms with van der Waals surface area (Å²) in [6, 6.07) is 15.4. The highest BCUT2D eigenvalue weighted by Crippen LogP contribution is 2.27. The number of halogens is 2. The van der Waals surface area contributed by atoms with Gasteiger partial charge in [0.2, 0.25) is 0 Å². The summed E-state index contributed by atoms with van der Waals surface area (Å²) in [4.78, 5) is 26.2. The van der Waals surface area contributed by atoms with Crippen LogP contribution in [0.25, 0.3) is 0 Å². The molecule has 0 saturated heterocycles. The van der Waals surface area contributed by atoms with Gasteiger partial charge in [0.1, 0.15) is 11.5 Å². The van der Waals surface area contributed by atoms with E-state index in [2.05, 4.69) is 5.32 Å². The Morgan fingerprint density at radius 2 is 1.83 bits per heavy atom. The maximum Gasteiger partial charge on any atom is 0.261 e. The predicted molar refractivity (Wildman–Crippen MR) is 115 cm³/mol. The minimum Gasteiger partial charge on any atom is -0.482 e. The van der Waals surface area contributed by atoms with Gasteiger partial charge in [-0.2, -0.15) is 0 Å². The lowest BCUT2D eigenvalue weighted by atomic mass is 10.1. The second-order valence-electron chi connectivity index (χ2n) is 6.47. The number of nitrogens with one attached hydrogen (secondary N) is 1. The summed E-state index contributed by atoms with van der Waals surface area (Å²) in [7, 11) is 1.58. The number of ether oxygens (including phenoxy) is 1. The monoisotopic (exact) mass is 446 g/mol. The van der Waals surface area contributed by atoms with Crippen molar-refractivity contribution in [2.45, 2.75) is 13.1 Å². The van der Waals surface area contributed by atoms with Gasteiger partial charge in [0, 0.05) is 30.2 Å². The molecule has 0 unspecified atom stereocenters. The van der Waals surface area contributed by atoms with E-state index in [1.807, 2.05) is 12.1 Å². The molecule has 0 fully saturated rings. The maximum atomic E-state index is 12.9. The first kappa shape index (κ1) is 21.7. The second kappa shape index (κ2) is 10.2. The van der Waals surface area contributed by atoms with Crippen LogP contribution in [0.15, 0.2) is 65.3 Å². The van der Waals surface area contributed by atoms with Crippen LogP contribution in [0.4, 0.5) is 0 Å². The van der Waals surface area contributed by atoms with Crippen LogP contribution in [0.1, 0.15) is 21.7 Å². The van der Waals surface area contributed by atoms with Gasteiger partial charge in [0.15, 0.2) is 6.61 Å². The molecule has 0 spiro atoms. The van der Waals surface area contributed by atoms with Crippen LogP contribution in [0, 0.1) is 0 Å². The van der Waals surface area contributed by atoms with Crippen LogP contribution in [0.5, 0.6) is 5.75 Å². The van der Waals surface area contributed by atoms with Crippen molar-refractivity contribution in [3.8, 4) is 5.75 Å². The van der Waals surface area contributed by atoms with E-state index in [0.717, 1.165) is 5.56 Å². The van der Waals surface area contributed by atoms with Gasteiger partial charge < -0.3 is 19.4 Å². The summed E-state index contributed by atoms with van der Waals surface area (Å²) < 4.78 is 11.0. The largest absolute Gasteiger partial charge is 0.482 e. The van der Waals surface area contributed by atoms with Crippen molar-refractivity contribution in [1.82, 2.24) is 10.2 Å².